The standard InChI is InChI=1S/C20H22ClN3O3/c21-14-5-7-15(8-6-14)22-20(27)17-3-1-2-4-18(17)23-19(26)13-24(11-12-25)16-9-10-16/h1-8,16,25H,9-13H2,(H,22,27)(H,23,26). The lowest BCUT2D eigenvalue weighted by molar-refractivity contribution is -0.117. The third kappa shape index (κ3) is 5.53. The van der Waals surface area contributed by atoms with E-state index in [0.29, 0.717) is 34.5 Å². The molecule has 142 valence electrons. The van der Waals surface area contributed by atoms with Crippen molar-refractivity contribution in [1.82, 2.24) is 4.90 Å². The summed E-state index contributed by atoms with van der Waals surface area (Å²) in [4.78, 5) is 27.0. The maximum Gasteiger partial charge on any atom is 0.257 e. The van der Waals surface area contributed by atoms with Crippen LogP contribution in [-0.4, -0.2) is 47.6 Å². The number of carbonyl (C=O) groups excluding carboxylic acids is 2. The molecule has 0 spiro atoms. The molecule has 3 rings (SSSR count). The Morgan fingerprint density at radius 2 is 1.78 bits per heavy atom. The minimum atomic E-state index is -0.317. The zero-order valence-corrected chi connectivity index (χ0v) is 15.6. The Bertz CT molecular complexity index is 806. The highest BCUT2D eigenvalue weighted by Gasteiger charge is 2.29. The van der Waals surface area contributed by atoms with Gasteiger partial charge in [-0.15, -0.1) is 0 Å². The lowest BCUT2D eigenvalue weighted by Gasteiger charge is -2.20. The number of aliphatic hydroxyl groups excluding tert-OH is 1. The molecule has 0 saturated heterocycles. The second-order valence-electron chi connectivity index (χ2n) is 6.48. The molecule has 0 atom stereocenters. The van der Waals surface area contributed by atoms with Crippen LogP contribution in [0.1, 0.15) is 23.2 Å². The summed E-state index contributed by atoms with van der Waals surface area (Å²) in [6.07, 6.45) is 2.10. The average Bonchev–Trinajstić information content (AvgIpc) is 3.49. The van der Waals surface area contributed by atoms with Crippen LogP contribution in [0, 0.1) is 0 Å². The number of rotatable bonds is 8. The zero-order valence-electron chi connectivity index (χ0n) is 14.8. The van der Waals surface area contributed by atoms with Crippen molar-refractivity contribution in [3.63, 3.8) is 0 Å². The summed E-state index contributed by atoms with van der Waals surface area (Å²) in [5, 5.41) is 15.4. The second-order valence-corrected chi connectivity index (χ2v) is 6.92. The molecule has 3 N–H and O–H groups in total. The highest BCUT2D eigenvalue weighted by Crippen LogP contribution is 2.26. The molecule has 1 saturated carbocycles. The van der Waals surface area contributed by atoms with Crippen molar-refractivity contribution in [2.75, 3.05) is 30.3 Å². The Balaban J connectivity index is 1.66. The first-order chi connectivity index (χ1) is 13.1. The Labute approximate surface area is 163 Å². The molecule has 7 heteroatoms. The summed E-state index contributed by atoms with van der Waals surface area (Å²) in [5.41, 5.74) is 1.45. The second kappa shape index (κ2) is 8.99. The van der Waals surface area contributed by atoms with E-state index in [9.17, 15) is 9.59 Å². The fourth-order valence-electron chi connectivity index (χ4n) is 2.85. The van der Waals surface area contributed by atoms with Gasteiger partial charge < -0.3 is 15.7 Å². The number of anilines is 2. The molecule has 2 aromatic rings. The molecule has 0 aliphatic heterocycles. The van der Waals surface area contributed by atoms with Crippen molar-refractivity contribution in [3.8, 4) is 0 Å². The number of benzene rings is 2. The number of aliphatic hydroxyl groups is 1. The van der Waals surface area contributed by atoms with Crippen LogP contribution < -0.4 is 10.6 Å². The number of hydrogen-bond donors (Lipinski definition) is 3. The fourth-order valence-corrected chi connectivity index (χ4v) is 2.98. The van der Waals surface area contributed by atoms with Crippen molar-refractivity contribution in [2.24, 2.45) is 0 Å². The van der Waals surface area contributed by atoms with Gasteiger partial charge in [0.1, 0.15) is 0 Å². The van der Waals surface area contributed by atoms with Crippen LogP contribution in [0.25, 0.3) is 0 Å². The first kappa shape index (κ1) is 19.4. The lowest BCUT2D eigenvalue weighted by Crippen LogP contribution is -2.37. The van der Waals surface area contributed by atoms with E-state index in [0.717, 1.165) is 12.8 Å². The molecule has 0 aromatic heterocycles. The number of halogens is 1. The quantitative estimate of drug-likeness (QED) is 0.650. The Hall–Kier alpha value is -2.41. The van der Waals surface area contributed by atoms with Gasteiger partial charge in [-0.05, 0) is 49.2 Å². The highest BCUT2D eigenvalue weighted by molar-refractivity contribution is 6.30. The molecule has 27 heavy (non-hydrogen) atoms. The van der Waals surface area contributed by atoms with Gasteiger partial charge in [-0.2, -0.15) is 0 Å². The normalized spacial score (nSPS) is 13.4. The van der Waals surface area contributed by atoms with Crippen molar-refractivity contribution in [1.29, 1.82) is 0 Å². The largest absolute Gasteiger partial charge is 0.395 e. The molecule has 2 amide bonds. The van der Waals surface area contributed by atoms with Crippen LogP contribution in [0.15, 0.2) is 48.5 Å². The van der Waals surface area contributed by atoms with Gasteiger partial charge in [-0.25, -0.2) is 0 Å². The fraction of sp³-hybridized carbons (Fsp3) is 0.300. The third-order valence-electron chi connectivity index (χ3n) is 4.35. The molecule has 0 radical (unpaired) electrons. The van der Waals surface area contributed by atoms with Gasteiger partial charge in [0, 0.05) is 23.3 Å². The van der Waals surface area contributed by atoms with Crippen LogP contribution >= 0.6 is 11.6 Å². The highest BCUT2D eigenvalue weighted by atomic mass is 35.5. The molecule has 1 aliphatic rings. The molecule has 0 heterocycles. The molecule has 2 aromatic carbocycles. The number of nitrogens with one attached hydrogen (secondary N) is 2. The molecule has 6 nitrogen and oxygen atoms in total. The minimum absolute atomic E-state index is 0.0177. The SMILES string of the molecule is O=C(CN(CCO)C1CC1)Nc1ccccc1C(=O)Nc1ccc(Cl)cc1. The van der Waals surface area contributed by atoms with E-state index in [1.165, 1.54) is 0 Å². The molecule has 0 bridgehead atoms. The predicted octanol–water partition coefficient (Wildman–Crippen LogP) is 2.99. The van der Waals surface area contributed by atoms with Crippen molar-refractivity contribution in [3.05, 3.63) is 59.1 Å². The van der Waals surface area contributed by atoms with Crippen LogP contribution in [0.2, 0.25) is 5.02 Å². The van der Waals surface area contributed by atoms with E-state index < -0.39 is 0 Å². The molecular formula is C20H22ClN3O3. The summed E-state index contributed by atoms with van der Waals surface area (Å²) >= 11 is 5.86. The number of carbonyl (C=O) groups is 2. The smallest absolute Gasteiger partial charge is 0.257 e. The van der Waals surface area contributed by atoms with Crippen molar-refractivity contribution in [2.45, 2.75) is 18.9 Å². The van der Waals surface area contributed by atoms with Gasteiger partial charge >= 0.3 is 0 Å². The summed E-state index contributed by atoms with van der Waals surface area (Å²) in [7, 11) is 0. The third-order valence-corrected chi connectivity index (χ3v) is 4.60. The monoisotopic (exact) mass is 387 g/mol. The first-order valence-electron chi connectivity index (χ1n) is 8.87. The topological polar surface area (TPSA) is 81.7 Å². The summed E-state index contributed by atoms with van der Waals surface area (Å²) in [6.45, 7) is 0.680. The number of amides is 2. The molecule has 1 aliphatic carbocycles. The summed E-state index contributed by atoms with van der Waals surface area (Å²) in [5.74, 6) is -0.523. The maximum absolute atomic E-state index is 12.6. The maximum atomic E-state index is 12.6. The number of nitrogens with zero attached hydrogens (tertiary/aromatic N) is 1. The van der Waals surface area contributed by atoms with Gasteiger partial charge in [0.25, 0.3) is 5.91 Å². The van der Waals surface area contributed by atoms with Crippen LogP contribution in [0.5, 0.6) is 0 Å². The zero-order chi connectivity index (χ0) is 19.2. The van der Waals surface area contributed by atoms with Crippen LogP contribution in [0.3, 0.4) is 0 Å². The number of hydrogen-bond acceptors (Lipinski definition) is 4. The van der Waals surface area contributed by atoms with E-state index in [1.807, 2.05) is 4.90 Å². The molecular weight excluding hydrogens is 366 g/mol. The van der Waals surface area contributed by atoms with Gasteiger partial charge in [0.15, 0.2) is 0 Å². The van der Waals surface area contributed by atoms with Gasteiger partial charge in [0.05, 0.1) is 24.4 Å². The van der Waals surface area contributed by atoms with Gasteiger partial charge in [-0.1, -0.05) is 23.7 Å². The van der Waals surface area contributed by atoms with Crippen molar-refractivity contribution >= 4 is 34.8 Å². The van der Waals surface area contributed by atoms with E-state index in [4.69, 9.17) is 16.7 Å². The summed E-state index contributed by atoms with van der Waals surface area (Å²) in [6, 6.07) is 14.0. The van der Waals surface area contributed by atoms with Crippen LogP contribution in [0.4, 0.5) is 11.4 Å². The average molecular weight is 388 g/mol. The van der Waals surface area contributed by atoms with Crippen molar-refractivity contribution < 1.29 is 14.7 Å². The lowest BCUT2D eigenvalue weighted by atomic mass is 10.1. The van der Waals surface area contributed by atoms with E-state index in [-0.39, 0.29) is 25.0 Å². The first-order valence-corrected chi connectivity index (χ1v) is 9.25. The molecule has 0 unspecified atom stereocenters. The number of para-hydroxylation sites is 1. The van der Waals surface area contributed by atoms with E-state index in [1.54, 1.807) is 48.5 Å². The Kier molecular flexibility index (Phi) is 6.45. The Morgan fingerprint density at radius 3 is 2.44 bits per heavy atom. The summed E-state index contributed by atoms with van der Waals surface area (Å²) < 4.78 is 0. The van der Waals surface area contributed by atoms with Gasteiger partial charge in [-0.3, -0.25) is 14.5 Å². The van der Waals surface area contributed by atoms with Gasteiger partial charge in [0.2, 0.25) is 5.91 Å². The minimum Gasteiger partial charge on any atom is -0.395 e. The molecule has 1 fully saturated rings. The van der Waals surface area contributed by atoms with E-state index >= 15 is 0 Å². The Morgan fingerprint density at radius 1 is 1.07 bits per heavy atom. The van der Waals surface area contributed by atoms with Crippen LogP contribution in [-0.2, 0) is 4.79 Å². The predicted molar refractivity (Wildman–Crippen MR) is 106 cm³/mol. The van der Waals surface area contributed by atoms with E-state index in [2.05, 4.69) is 10.6 Å².